The maximum Gasteiger partial charge on any atom is 0.218 e. The van der Waals surface area contributed by atoms with Gasteiger partial charge in [0, 0.05) is 12.1 Å². The molecule has 1 fully saturated rings. The van der Waals surface area contributed by atoms with Gasteiger partial charge in [-0.15, -0.1) is 0 Å². The predicted molar refractivity (Wildman–Crippen MR) is 59.1 cm³/mol. The standard InChI is InChI=1S/C11H17N3O/c1-7(9-4-5-9)12-10-6-11(15-3)14-8(2)13-10/h6-7,9H,4-5H2,1-3H3,(H,12,13,14). The van der Waals surface area contributed by atoms with Crippen molar-refractivity contribution in [2.45, 2.75) is 32.7 Å². The summed E-state index contributed by atoms with van der Waals surface area (Å²) in [6, 6.07) is 2.33. The van der Waals surface area contributed by atoms with Crippen molar-refractivity contribution in [2.75, 3.05) is 12.4 Å². The van der Waals surface area contributed by atoms with Crippen LogP contribution >= 0.6 is 0 Å². The van der Waals surface area contributed by atoms with Crippen LogP contribution in [0.15, 0.2) is 6.07 Å². The third kappa shape index (κ3) is 2.58. The molecular formula is C11H17N3O. The summed E-state index contributed by atoms with van der Waals surface area (Å²) >= 11 is 0. The molecule has 0 radical (unpaired) electrons. The highest BCUT2D eigenvalue weighted by atomic mass is 16.5. The van der Waals surface area contributed by atoms with E-state index in [9.17, 15) is 0 Å². The second-order valence-electron chi connectivity index (χ2n) is 4.11. The molecule has 0 bridgehead atoms. The summed E-state index contributed by atoms with van der Waals surface area (Å²) in [6.07, 6.45) is 2.66. The Labute approximate surface area is 90.1 Å². The molecule has 0 spiro atoms. The summed E-state index contributed by atoms with van der Waals surface area (Å²) in [5.74, 6) is 3.03. The van der Waals surface area contributed by atoms with Gasteiger partial charge in [0.25, 0.3) is 0 Å². The van der Waals surface area contributed by atoms with E-state index >= 15 is 0 Å². The maximum absolute atomic E-state index is 5.10. The van der Waals surface area contributed by atoms with Crippen LogP contribution in [0, 0.1) is 12.8 Å². The molecule has 4 heteroatoms. The first kappa shape index (κ1) is 10.2. The van der Waals surface area contributed by atoms with Crippen LogP contribution in [0.2, 0.25) is 0 Å². The second-order valence-corrected chi connectivity index (χ2v) is 4.11. The zero-order valence-electron chi connectivity index (χ0n) is 9.45. The molecule has 0 aliphatic heterocycles. The highest BCUT2D eigenvalue weighted by Gasteiger charge is 2.28. The Hall–Kier alpha value is -1.32. The topological polar surface area (TPSA) is 47.0 Å². The van der Waals surface area contributed by atoms with Crippen molar-refractivity contribution in [1.29, 1.82) is 0 Å². The smallest absolute Gasteiger partial charge is 0.218 e. The number of methoxy groups -OCH3 is 1. The van der Waals surface area contributed by atoms with Gasteiger partial charge in [0.05, 0.1) is 7.11 Å². The molecular weight excluding hydrogens is 190 g/mol. The average molecular weight is 207 g/mol. The fourth-order valence-electron chi connectivity index (χ4n) is 1.67. The molecule has 1 N–H and O–H groups in total. The van der Waals surface area contributed by atoms with Gasteiger partial charge in [0.1, 0.15) is 11.6 Å². The zero-order chi connectivity index (χ0) is 10.8. The van der Waals surface area contributed by atoms with Gasteiger partial charge in [0.2, 0.25) is 5.88 Å². The van der Waals surface area contributed by atoms with Crippen LogP contribution in [0.3, 0.4) is 0 Å². The van der Waals surface area contributed by atoms with E-state index in [1.807, 2.05) is 13.0 Å². The highest BCUT2D eigenvalue weighted by Crippen LogP contribution is 2.33. The van der Waals surface area contributed by atoms with Gasteiger partial charge < -0.3 is 10.1 Å². The Morgan fingerprint density at radius 1 is 1.47 bits per heavy atom. The van der Waals surface area contributed by atoms with Gasteiger partial charge in [-0.2, -0.15) is 4.98 Å². The molecule has 2 rings (SSSR count). The Morgan fingerprint density at radius 3 is 2.80 bits per heavy atom. The van der Waals surface area contributed by atoms with Gasteiger partial charge in [-0.25, -0.2) is 4.98 Å². The van der Waals surface area contributed by atoms with Crippen molar-refractivity contribution in [1.82, 2.24) is 9.97 Å². The van der Waals surface area contributed by atoms with Gasteiger partial charge in [0.15, 0.2) is 0 Å². The van der Waals surface area contributed by atoms with Crippen molar-refractivity contribution in [3.8, 4) is 5.88 Å². The predicted octanol–water partition coefficient (Wildman–Crippen LogP) is 2.00. The third-order valence-corrected chi connectivity index (χ3v) is 2.73. The van der Waals surface area contributed by atoms with E-state index in [-0.39, 0.29) is 0 Å². The summed E-state index contributed by atoms with van der Waals surface area (Å²) < 4.78 is 5.10. The average Bonchev–Trinajstić information content (AvgIpc) is 2.99. The number of aryl methyl sites for hydroxylation is 1. The van der Waals surface area contributed by atoms with E-state index in [0.717, 1.165) is 17.6 Å². The molecule has 82 valence electrons. The van der Waals surface area contributed by atoms with Crippen molar-refractivity contribution in [2.24, 2.45) is 5.92 Å². The number of nitrogens with zero attached hydrogens (tertiary/aromatic N) is 2. The molecule has 1 heterocycles. The second kappa shape index (κ2) is 4.04. The van der Waals surface area contributed by atoms with Crippen LogP contribution in [0.1, 0.15) is 25.6 Å². The fourth-order valence-corrected chi connectivity index (χ4v) is 1.67. The normalized spacial score (nSPS) is 17.3. The van der Waals surface area contributed by atoms with Crippen LogP contribution in [0.4, 0.5) is 5.82 Å². The molecule has 1 aromatic heterocycles. The lowest BCUT2D eigenvalue weighted by molar-refractivity contribution is 0.396. The monoisotopic (exact) mass is 207 g/mol. The number of hydrogen-bond donors (Lipinski definition) is 1. The van der Waals surface area contributed by atoms with Crippen LogP contribution in [0.5, 0.6) is 5.88 Å². The number of hydrogen-bond acceptors (Lipinski definition) is 4. The molecule has 0 saturated heterocycles. The SMILES string of the molecule is COc1cc(NC(C)C2CC2)nc(C)n1. The minimum atomic E-state index is 0.490. The van der Waals surface area contributed by atoms with Crippen LogP contribution < -0.4 is 10.1 Å². The Balaban J connectivity index is 2.08. The van der Waals surface area contributed by atoms with Gasteiger partial charge >= 0.3 is 0 Å². The van der Waals surface area contributed by atoms with Gasteiger partial charge in [-0.3, -0.25) is 0 Å². The first-order valence-corrected chi connectivity index (χ1v) is 5.35. The summed E-state index contributed by atoms with van der Waals surface area (Å²) in [6.45, 7) is 4.07. The van der Waals surface area contributed by atoms with Crippen LogP contribution in [-0.2, 0) is 0 Å². The number of rotatable bonds is 4. The van der Waals surface area contributed by atoms with E-state index in [2.05, 4.69) is 22.2 Å². The molecule has 4 nitrogen and oxygen atoms in total. The van der Waals surface area contributed by atoms with Gasteiger partial charge in [-0.1, -0.05) is 0 Å². The minimum Gasteiger partial charge on any atom is -0.481 e. The summed E-state index contributed by atoms with van der Waals surface area (Å²) in [5.41, 5.74) is 0. The maximum atomic E-state index is 5.10. The Morgan fingerprint density at radius 2 is 2.20 bits per heavy atom. The van der Waals surface area contributed by atoms with Crippen LogP contribution in [0.25, 0.3) is 0 Å². The van der Waals surface area contributed by atoms with E-state index in [0.29, 0.717) is 11.9 Å². The van der Waals surface area contributed by atoms with Crippen molar-refractivity contribution in [3.05, 3.63) is 11.9 Å². The van der Waals surface area contributed by atoms with Crippen LogP contribution in [-0.4, -0.2) is 23.1 Å². The van der Waals surface area contributed by atoms with E-state index in [4.69, 9.17) is 4.74 Å². The summed E-state index contributed by atoms with van der Waals surface area (Å²) in [4.78, 5) is 8.48. The molecule has 0 aromatic carbocycles. The molecule has 15 heavy (non-hydrogen) atoms. The van der Waals surface area contributed by atoms with Crippen molar-refractivity contribution < 1.29 is 4.74 Å². The van der Waals surface area contributed by atoms with Crippen molar-refractivity contribution >= 4 is 5.82 Å². The molecule has 1 aliphatic carbocycles. The van der Waals surface area contributed by atoms with E-state index < -0.39 is 0 Å². The summed E-state index contributed by atoms with van der Waals surface area (Å²) in [7, 11) is 1.62. The zero-order valence-corrected chi connectivity index (χ0v) is 9.45. The van der Waals surface area contributed by atoms with E-state index in [1.165, 1.54) is 12.8 Å². The Kier molecular flexibility index (Phi) is 2.75. The first-order valence-electron chi connectivity index (χ1n) is 5.35. The molecule has 1 unspecified atom stereocenters. The Bertz CT molecular complexity index is 350. The first-order chi connectivity index (χ1) is 7.19. The third-order valence-electron chi connectivity index (χ3n) is 2.73. The highest BCUT2D eigenvalue weighted by molar-refractivity contribution is 5.39. The lowest BCUT2D eigenvalue weighted by Gasteiger charge is -2.14. The largest absolute Gasteiger partial charge is 0.481 e. The molecule has 1 atom stereocenters. The fraction of sp³-hybridized carbons (Fsp3) is 0.636. The number of anilines is 1. The van der Waals surface area contributed by atoms with Gasteiger partial charge in [-0.05, 0) is 32.6 Å². The molecule has 1 saturated carbocycles. The van der Waals surface area contributed by atoms with E-state index in [1.54, 1.807) is 7.11 Å². The summed E-state index contributed by atoms with van der Waals surface area (Å²) in [5, 5.41) is 3.39. The number of aromatic nitrogens is 2. The lowest BCUT2D eigenvalue weighted by atomic mass is 10.2. The quantitative estimate of drug-likeness (QED) is 0.820. The van der Waals surface area contributed by atoms with Crippen molar-refractivity contribution in [3.63, 3.8) is 0 Å². The number of ether oxygens (including phenoxy) is 1. The number of nitrogens with one attached hydrogen (secondary N) is 1. The minimum absolute atomic E-state index is 0.490. The molecule has 1 aliphatic rings. The lowest BCUT2D eigenvalue weighted by Crippen LogP contribution is -2.18. The molecule has 1 aromatic rings. The molecule has 0 amide bonds.